The van der Waals surface area contributed by atoms with Gasteiger partial charge in [-0.3, -0.25) is 9.59 Å². The molecule has 0 heterocycles. The minimum atomic E-state index is -1.26. The molecule has 0 bridgehead atoms. The van der Waals surface area contributed by atoms with E-state index in [0.717, 1.165) is 5.56 Å². The number of benzene rings is 3. The van der Waals surface area contributed by atoms with Crippen molar-refractivity contribution in [3.05, 3.63) is 101 Å². The fourth-order valence-corrected chi connectivity index (χ4v) is 5.52. The number of carbonyl (C=O) groups is 4. The number of nitrogens with zero attached hydrogens (tertiary/aromatic N) is 1. The zero-order valence-corrected chi connectivity index (χ0v) is 29.6. The zero-order chi connectivity index (χ0) is 36.6. The molecule has 0 aliphatic heterocycles. The second-order valence-corrected chi connectivity index (χ2v) is 14.5. The number of alkyl carbamates (subject to hydrolysis) is 1. The lowest BCUT2D eigenvalue weighted by molar-refractivity contribution is -0.159. The van der Waals surface area contributed by atoms with Gasteiger partial charge >= 0.3 is 12.1 Å². The van der Waals surface area contributed by atoms with Crippen LogP contribution in [0.25, 0.3) is 0 Å². The van der Waals surface area contributed by atoms with Gasteiger partial charge in [-0.15, -0.1) is 6.42 Å². The second-order valence-electron chi connectivity index (χ2n) is 14.5. The Kier molecular flexibility index (Phi) is 12.0. The van der Waals surface area contributed by atoms with E-state index in [1.165, 1.54) is 17.0 Å². The summed E-state index contributed by atoms with van der Waals surface area (Å²) in [6.07, 6.45) is 6.54. The van der Waals surface area contributed by atoms with Crippen LogP contribution in [-0.2, 0) is 36.7 Å². The number of carbonyl (C=O) groups excluding carboxylic acids is 4. The summed E-state index contributed by atoms with van der Waals surface area (Å²) in [6.45, 7) is 10.4. The molecule has 3 N–H and O–H groups in total. The number of aromatic hydroxyl groups is 1. The Bertz CT molecular complexity index is 1700. The van der Waals surface area contributed by atoms with Gasteiger partial charge in [-0.1, -0.05) is 66.6 Å². The highest BCUT2D eigenvalue weighted by atomic mass is 16.6. The summed E-state index contributed by atoms with van der Waals surface area (Å²) in [5.41, 5.74) is 0.599. The molecule has 0 saturated heterocycles. The number of phenols is 1. The lowest BCUT2D eigenvalue weighted by Crippen LogP contribution is -2.56. The molecule has 264 valence electrons. The first-order valence-corrected chi connectivity index (χ1v) is 16.8. The maximum Gasteiger partial charge on any atom is 0.408 e. The average molecular weight is 682 g/mol. The van der Waals surface area contributed by atoms with E-state index in [1.807, 2.05) is 30.3 Å². The third kappa shape index (κ3) is 10.9. The molecule has 10 heteroatoms. The number of phenolic OH excluding ortho intramolecular Hbond substituents is 1. The molecule has 3 amide bonds. The highest BCUT2D eigenvalue weighted by Gasteiger charge is 2.45. The van der Waals surface area contributed by atoms with Gasteiger partial charge < -0.3 is 30.1 Å². The van der Waals surface area contributed by atoms with Gasteiger partial charge in [0.1, 0.15) is 35.1 Å². The Morgan fingerprint density at radius 3 is 1.94 bits per heavy atom. The minimum Gasteiger partial charge on any atom is -0.508 e. The van der Waals surface area contributed by atoms with Crippen molar-refractivity contribution in [3.8, 4) is 18.1 Å². The molecule has 1 aliphatic rings. The van der Waals surface area contributed by atoms with Gasteiger partial charge in [-0.25, -0.2) is 9.59 Å². The fraction of sp³-hybridized carbons (Fsp3) is 0.400. The van der Waals surface area contributed by atoms with Crippen molar-refractivity contribution in [2.45, 2.75) is 103 Å². The Labute approximate surface area is 294 Å². The molecule has 4 rings (SSSR count). The van der Waals surface area contributed by atoms with Gasteiger partial charge in [0.05, 0.1) is 0 Å². The van der Waals surface area contributed by atoms with Crippen LogP contribution in [0.4, 0.5) is 4.79 Å². The SMILES string of the molecule is C#Cc1ccccc1C(C(=O)NC(Cc1ccccc1)C(=O)OC(C)(C)C)N(C(=O)C(Cc1ccc(O)cc1)NC(=O)OC(C)(C)C)C1CC1. The van der Waals surface area contributed by atoms with E-state index in [1.54, 1.807) is 77.9 Å². The van der Waals surface area contributed by atoms with Crippen LogP contribution in [0, 0.1) is 12.3 Å². The Hall–Kier alpha value is -5.30. The molecule has 1 saturated carbocycles. The minimum absolute atomic E-state index is 0.0429. The number of hydrogen-bond acceptors (Lipinski definition) is 7. The van der Waals surface area contributed by atoms with Crippen molar-refractivity contribution >= 4 is 23.9 Å². The van der Waals surface area contributed by atoms with Gasteiger partial charge in [0, 0.05) is 24.4 Å². The van der Waals surface area contributed by atoms with Gasteiger partial charge in [-0.2, -0.15) is 0 Å². The molecular formula is C40H47N3O7. The molecule has 3 aromatic rings. The predicted molar refractivity (Wildman–Crippen MR) is 190 cm³/mol. The molecule has 0 spiro atoms. The summed E-state index contributed by atoms with van der Waals surface area (Å²) in [7, 11) is 0. The number of ether oxygens (including phenoxy) is 2. The van der Waals surface area contributed by atoms with Gasteiger partial charge in [0.25, 0.3) is 0 Å². The maximum atomic E-state index is 14.8. The van der Waals surface area contributed by atoms with E-state index in [4.69, 9.17) is 15.9 Å². The lowest BCUT2D eigenvalue weighted by Gasteiger charge is -2.36. The summed E-state index contributed by atoms with van der Waals surface area (Å²) in [4.78, 5) is 57.6. The number of amides is 3. The van der Waals surface area contributed by atoms with E-state index in [9.17, 15) is 24.3 Å². The molecule has 0 radical (unpaired) electrons. The van der Waals surface area contributed by atoms with Gasteiger partial charge in [-0.05, 0) is 89.3 Å². The summed E-state index contributed by atoms with van der Waals surface area (Å²) in [5.74, 6) is 0.908. The smallest absolute Gasteiger partial charge is 0.408 e. The zero-order valence-electron chi connectivity index (χ0n) is 29.6. The Balaban J connectivity index is 1.78. The third-order valence-electron chi connectivity index (χ3n) is 7.79. The molecule has 3 atom stereocenters. The molecule has 0 aromatic heterocycles. The van der Waals surface area contributed by atoms with Crippen LogP contribution in [0.5, 0.6) is 5.75 Å². The summed E-state index contributed by atoms with van der Waals surface area (Å²) in [6, 6.07) is 18.5. The summed E-state index contributed by atoms with van der Waals surface area (Å²) >= 11 is 0. The predicted octanol–water partition coefficient (Wildman–Crippen LogP) is 5.61. The first-order valence-electron chi connectivity index (χ1n) is 16.8. The van der Waals surface area contributed by atoms with Gasteiger partial charge in [0.15, 0.2) is 0 Å². The standard InChI is InChI=1S/C40H47N3O7/c1-8-28-16-12-13-17-31(28)34(35(45)41-33(37(47)49-39(2,3)4)25-26-14-10-9-11-15-26)43(29-20-21-29)36(46)32(42-38(48)50-40(5,6)7)24-27-18-22-30(44)23-19-27/h1,9-19,22-23,29,32-34,44H,20-21,24-25H2,2-7H3,(H,41,45)(H,42,48). The van der Waals surface area contributed by atoms with Crippen LogP contribution in [-0.4, -0.2) is 63.2 Å². The maximum absolute atomic E-state index is 14.8. The van der Waals surface area contributed by atoms with Crippen molar-refractivity contribution < 1.29 is 33.8 Å². The monoisotopic (exact) mass is 681 g/mol. The first-order chi connectivity index (χ1) is 23.5. The molecule has 3 aromatic carbocycles. The molecule has 50 heavy (non-hydrogen) atoms. The summed E-state index contributed by atoms with van der Waals surface area (Å²) in [5, 5.41) is 15.5. The molecule has 1 aliphatic carbocycles. The van der Waals surface area contributed by atoms with E-state index in [2.05, 4.69) is 16.6 Å². The third-order valence-corrected chi connectivity index (χ3v) is 7.79. The number of esters is 1. The van der Waals surface area contributed by atoms with Crippen LogP contribution >= 0.6 is 0 Å². The topological polar surface area (TPSA) is 134 Å². The molecule has 1 fully saturated rings. The molecule has 3 unspecified atom stereocenters. The average Bonchev–Trinajstić information content (AvgIpc) is 3.88. The number of nitrogens with one attached hydrogen (secondary N) is 2. The quantitative estimate of drug-likeness (QED) is 0.167. The van der Waals surface area contributed by atoms with Crippen LogP contribution in [0.1, 0.15) is 82.7 Å². The Morgan fingerprint density at radius 1 is 0.800 bits per heavy atom. The fourth-order valence-electron chi connectivity index (χ4n) is 5.52. The van der Waals surface area contributed by atoms with Crippen LogP contribution in [0.15, 0.2) is 78.9 Å². The molecular weight excluding hydrogens is 634 g/mol. The lowest BCUT2D eigenvalue weighted by atomic mass is 9.95. The highest BCUT2D eigenvalue weighted by molar-refractivity contribution is 5.95. The summed E-state index contributed by atoms with van der Waals surface area (Å²) < 4.78 is 11.2. The largest absolute Gasteiger partial charge is 0.508 e. The van der Waals surface area contributed by atoms with Crippen molar-refractivity contribution in [2.24, 2.45) is 0 Å². The van der Waals surface area contributed by atoms with Gasteiger partial charge in [0.2, 0.25) is 11.8 Å². The normalized spacial score (nSPS) is 14.7. The van der Waals surface area contributed by atoms with Crippen molar-refractivity contribution in [1.29, 1.82) is 0 Å². The number of hydrogen-bond donors (Lipinski definition) is 3. The second kappa shape index (κ2) is 15.9. The first kappa shape index (κ1) is 37.5. The van der Waals surface area contributed by atoms with Crippen molar-refractivity contribution in [2.75, 3.05) is 0 Å². The van der Waals surface area contributed by atoms with E-state index < -0.39 is 53.2 Å². The van der Waals surface area contributed by atoms with Crippen LogP contribution in [0.2, 0.25) is 0 Å². The van der Waals surface area contributed by atoms with E-state index >= 15 is 0 Å². The molecule has 10 nitrogen and oxygen atoms in total. The Morgan fingerprint density at radius 2 is 1.36 bits per heavy atom. The van der Waals surface area contributed by atoms with Crippen LogP contribution < -0.4 is 10.6 Å². The van der Waals surface area contributed by atoms with E-state index in [0.29, 0.717) is 29.5 Å². The van der Waals surface area contributed by atoms with E-state index in [-0.39, 0.29) is 24.6 Å². The van der Waals surface area contributed by atoms with Crippen LogP contribution in [0.3, 0.4) is 0 Å². The van der Waals surface area contributed by atoms with Crippen molar-refractivity contribution in [3.63, 3.8) is 0 Å². The van der Waals surface area contributed by atoms with Crippen molar-refractivity contribution in [1.82, 2.24) is 15.5 Å². The highest BCUT2D eigenvalue weighted by Crippen LogP contribution is 2.37. The number of rotatable bonds is 12. The number of terminal acetylenes is 1.